The van der Waals surface area contributed by atoms with Crippen LogP contribution in [0, 0.1) is 3.57 Å². The Morgan fingerprint density at radius 1 is 1.32 bits per heavy atom. The van der Waals surface area contributed by atoms with Crippen molar-refractivity contribution in [3.8, 4) is 0 Å². The normalized spacial score (nSPS) is 10.3. The second-order valence-corrected chi connectivity index (χ2v) is 6.24. The van der Waals surface area contributed by atoms with Crippen LogP contribution in [0.3, 0.4) is 0 Å². The molecule has 1 amide bonds. The van der Waals surface area contributed by atoms with Gasteiger partial charge in [0.25, 0.3) is 5.91 Å². The largest absolute Gasteiger partial charge is 0.337 e. The predicted molar refractivity (Wildman–Crippen MR) is 86.9 cm³/mol. The van der Waals surface area contributed by atoms with Gasteiger partial charge in [-0.1, -0.05) is 0 Å². The van der Waals surface area contributed by atoms with Crippen molar-refractivity contribution in [2.45, 2.75) is 6.54 Å². The van der Waals surface area contributed by atoms with Crippen LogP contribution in [-0.2, 0) is 6.54 Å². The average Bonchev–Trinajstić information content (AvgIpc) is 2.42. The van der Waals surface area contributed by atoms with Crippen molar-refractivity contribution in [2.24, 2.45) is 0 Å². The van der Waals surface area contributed by atoms with E-state index in [2.05, 4.69) is 43.5 Å². The molecule has 2 rings (SSSR count). The van der Waals surface area contributed by atoms with E-state index in [1.165, 1.54) is 0 Å². The van der Waals surface area contributed by atoms with Crippen molar-refractivity contribution >= 4 is 44.4 Å². The van der Waals surface area contributed by atoms with Crippen LogP contribution in [0.2, 0.25) is 0 Å². The quantitative estimate of drug-likeness (QED) is 0.695. The lowest BCUT2D eigenvalue weighted by Crippen LogP contribution is -2.26. The second-order valence-electron chi connectivity index (χ2n) is 4.14. The van der Waals surface area contributed by atoms with Gasteiger partial charge in [0.05, 0.1) is 5.56 Å². The van der Waals surface area contributed by atoms with Crippen molar-refractivity contribution < 1.29 is 4.79 Å². The molecular formula is C14H12BrIN2O. The zero-order valence-corrected chi connectivity index (χ0v) is 14.1. The molecule has 0 aliphatic carbocycles. The first-order valence-corrected chi connectivity index (χ1v) is 7.54. The summed E-state index contributed by atoms with van der Waals surface area (Å²) in [6, 6.07) is 9.57. The van der Waals surface area contributed by atoms with Crippen molar-refractivity contribution in [1.82, 2.24) is 9.88 Å². The fraction of sp³-hybridized carbons (Fsp3) is 0.143. The monoisotopic (exact) mass is 430 g/mol. The Labute approximate surface area is 134 Å². The third-order valence-electron chi connectivity index (χ3n) is 2.67. The lowest BCUT2D eigenvalue weighted by molar-refractivity contribution is 0.0784. The molecule has 0 radical (unpaired) electrons. The summed E-state index contributed by atoms with van der Waals surface area (Å²) in [5, 5.41) is 0. The van der Waals surface area contributed by atoms with Gasteiger partial charge in [0.2, 0.25) is 0 Å². The number of amides is 1. The molecule has 3 nitrogen and oxygen atoms in total. The van der Waals surface area contributed by atoms with Gasteiger partial charge in [0, 0.05) is 34.0 Å². The topological polar surface area (TPSA) is 33.2 Å². The van der Waals surface area contributed by atoms with E-state index in [4.69, 9.17) is 0 Å². The van der Waals surface area contributed by atoms with Gasteiger partial charge in [0.15, 0.2) is 0 Å². The van der Waals surface area contributed by atoms with Crippen LogP contribution in [0.5, 0.6) is 0 Å². The maximum Gasteiger partial charge on any atom is 0.255 e. The summed E-state index contributed by atoms with van der Waals surface area (Å²) in [7, 11) is 1.80. The molecular weight excluding hydrogens is 419 g/mol. The number of halogens is 2. The van der Waals surface area contributed by atoms with E-state index in [0.717, 1.165) is 13.6 Å². The van der Waals surface area contributed by atoms with Gasteiger partial charge >= 0.3 is 0 Å². The van der Waals surface area contributed by atoms with Crippen LogP contribution in [0.15, 0.2) is 47.2 Å². The molecule has 0 spiro atoms. The summed E-state index contributed by atoms with van der Waals surface area (Å²) in [5.41, 5.74) is 1.75. The molecule has 0 fully saturated rings. The maximum absolute atomic E-state index is 12.4. The highest BCUT2D eigenvalue weighted by Crippen LogP contribution is 2.21. The highest BCUT2D eigenvalue weighted by atomic mass is 127. The predicted octanol–water partition coefficient (Wildman–Crippen LogP) is 3.72. The Hall–Kier alpha value is -0.950. The van der Waals surface area contributed by atoms with Crippen LogP contribution >= 0.6 is 38.5 Å². The molecule has 5 heteroatoms. The molecule has 0 bridgehead atoms. The smallest absolute Gasteiger partial charge is 0.255 e. The average molecular weight is 431 g/mol. The molecule has 19 heavy (non-hydrogen) atoms. The summed E-state index contributed by atoms with van der Waals surface area (Å²) in [4.78, 5) is 18.1. The van der Waals surface area contributed by atoms with Crippen LogP contribution in [0.4, 0.5) is 0 Å². The molecule has 98 valence electrons. The first-order valence-electron chi connectivity index (χ1n) is 5.67. The number of carbonyl (C=O) groups excluding carboxylic acids is 1. The van der Waals surface area contributed by atoms with E-state index >= 15 is 0 Å². The molecule has 0 aliphatic heterocycles. The Morgan fingerprint density at radius 2 is 2.00 bits per heavy atom. The Balaban J connectivity index is 2.17. The first kappa shape index (κ1) is 14.5. The fourth-order valence-electron chi connectivity index (χ4n) is 1.70. The van der Waals surface area contributed by atoms with E-state index in [1.807, 2.05) is 30.3 Å². The number of hydrogen-bond donors (Lipinski definition) is 0. The minimum Gasteiger partial charge on any atom is -0.337 e. The second kappa shape index (κ2) is 6.47. The van der Waals surface area contributed by atoms with Crippen molar-refractivity contribution in [2.75, 3.05) is 7.05 Å². The van der Waals surface area contributed by atoms with Crippen LogP contribution in [0.25, 0.3) is 0 Å². The molecule has 0 unspecified atom stereocenters. The van der Waals surface area contributed by atoms with E-state index in [-0.39, 0.29) is 5.91 Å². The number of carbonyl (C=O) groups is 1. The van der Waals surface area contributed by atoms with Crippen molar-refractivity contribution in [1.29, 1.82) is 0 Å². The van der Waals surface area contributed by atoms with Crippen molar-refractivity contribution in [3.05, 3.63) is 61.9 Å². The molecule has 1 aromatic heterocycles. The van der Waals surface area contributed by atoms with E-state index in [1.54, 1.807) is 24.3 Å². The minimum absolute atomic E-state index is 0.00204. The fourth-order valence-corrected chi connectivity index (χ4v) is 2.61. The molecule has 0 aliphatic rings. The molecule has 1 heterocycles. The van der Waals surface area contributed by atoms with E-state index in [9.17, 15) is 4.79 Å². The highest BCUT2D eigenvalue weighted by Gasteiger charge is 2.15. The summed E-state index contributed by atoms with van der Waals surface area (Å²) < 4.78 is 1.86. The molecule has 0 atom stereocenters. The zero-order chi connectivity index (χ0) is 13.8. The van der Waals surface area contributed by atoms with Gasteiger partial charge in [0.1, 0.15) is 0 Å². The van der Waals surface area contributed by atoms with Gasteiger partial charge in [-0.05, 0) is 74.4 Å². The lowest BCUT2D eigenvalue weighted by Gasteiger charge is -2.18. The third kappa shape index (κ3) is 3.76. The van der Waals surface area contributed by atoms with Crippen LogP contribution < -0.4 is 0 Å². The van der Waals surface area contributed by atoms with Gasteiger partial charge in [-0.2, -0.15) is 0 Å². The number of rotatable bonds is 3. The Kier molecular flexibility index (Phi) is 4.93. The third-order valence-corrected chi connectivity index (χ3v) is 4.04. The number of pyridine rings is 1. The number of aromatic nitrogens is 1. The van der Waals surface area contributed by atoms with Crippen LogP contribution in [0.1, 0.15) is 15.9 Å². The number of nitrogens with zero attached hydrogens (tertiary/aromatic N) is 2. The summed E-state index contributed by atoms with van der Waals surface area (Å²) >= 11 is 5.63. The van der Waals surface area contributed by atoms with E-state index in [0.29, 0.717) is 12.1 Å². The minimum atomic E-state index is 0.00204. The molecule has 2 aromatic rings. The summed E-state index contributed by atoms with van der Waals surface area (Å²) in [6.45, 7) is 0.569. The molecule has 0 saturated carbocycles. The lowest BCUT2D eigenvalue weighted by atomic mass is 10.2. The molecule has 0 saturated heterocycles. The number of benzene rings is 1. The Bertz CT molecular complexity index is 589. The zero-order valence-electron chi connectivity index (χ0n) is 10.3. The molecule has 1 aromatic carbocycles. The molecule has 0 N–H and O–H groups in total. The number of hydrogen-bond acceptors (Lipinski definition) is 2. The van der Waals surface area contributed by atoms with Gasteiger partial charge in [-0.25, -0.2) is 0 Å². The van der Waals surface area contributed by atoms with E-state index < -0.39 is 0 Å². The van der Waals surface area contributed by atoms with Gasteiger partial charge in [-0.3, -0.25) is 9.78 Å². The standard InChI is InChI=1S/C14H12BrIN2O/c1-18(9-10-4-6-17-7-5-10)14(19)12-8-11(16)2-3-13(12)15/h2-8H,9H2,1H3. The summed E-state index contributed by atoms with van der Waals surface area (Å²) in [5.74, 6) is 0.00204. The maximum atomic E-state index is 12.4. The first-order chi connectivity index (χ1) is 9.08. The van der Waals surface area contributed by atoms with Crippen molar-refractivity contribution in [3.63, 3.8) is 0 Å². The Morgan fingerprint density at radius 3 is 2.68 bits per heavy atom. The van der Waals surface area contributed by atoms with Gasteiger partial charge < -0.3 is 4.90 Å². The van der Waals surface area contributed by atoms with Gasteiger partial charge in [-0.15, -0.1) is 0 Å². The SMILES string of the molecule is CN(Cc1ccncc1)C(=O)c1cc(I)ccc1Br. The highest BCUT2D eigenvalue weighted by molar-refractivity contribution is 14.1. The van der Waals surface area contributed by atoms with Crippen LogP contribution in [-0.4, -0.2) is 22.8 Å². The summed E-state index contributed by atoms with van der Waals surface area (Å²) in [6.07, 6.45) is 3.46.